The Morgan fingerprint density at radius 2 is 1.93 bits per heavy atom. The van der Waals surface area contributed by atoms with E-state index in [1.54, 1.807) is 11.2 Å². The SMILES string of the molecule is CCOC(=O)N1CCN(c2ncnc3c2cnn3-c2ccc(C)cc2C)CC1. The van der Waals surface area contributed by atoms with Crippen molar-refractivity contribution in [1.82, 2.24) is 24.6 Å². The Morgan fingerprint density at radius 1 is 1.14 bits per heavy atom. The van der Waals surface area contributed by atoms with Gasteiger partial charge in [-0.25, -0.2) is 19.4 Å². The summed E-state index contributed by atoms with van der Waals surface area (Å²) in [6, 6.07) is 6.28. The van der Waals surface area contributed by atoms with Gasteiger partial charge in [0, 0.05) is 26.2 Å². The predicted octanol–water partition coefficient (Wildman–Crippen LogP) is 2.71. The van der Waals surface area contributed by atoms with E-state index in [0.717, 1.165) is 28.1 Å². The Hall–Kier alpha value is -3.16. The maximum absolute atomic E-state index is 11.9. The summed E-state index contributed by atoms with van der Waals surface area (Å²) in [7, 11) is 0. The molecule has 28 heavy (non-hydrogen) atoms. The number of piperazine rings is 1. The van der Waals surface area contributed by atoms with Gasteiger partial charge in [0.25, 0.3) is 0 Å². The van der Waals surface area contributed by atoms with E-state index >= 15 is 0 Å². The van der Waals surface area contributed by atoms with Gasteiger partial charge < -0.3 is 14.5 Å². The van der Waals surface area contributed by atoms with E-state index in [9.17, 15) is 4.79 Å². The Labute approximate surface area is 163 Å². The first-order valence-corrected chi connectivity index (χ1v) is 9.51. The quantitative estimate of drug-likeness (QED) is 0.695. The maximum atomic E-state index is 11.9. The molecule has 1 aliphatic heterocycles. The summed E-state index contributed by atoms with van der Waals surface area (Å²) in [5.74, 6) is 0.851. The molecule has 8 heteroatoms. The molecular weight excluding hydrogens is 356 g/mol. The fraction of sp³-hybridized carbons (Fsp3) is 0.400. The lowest BCUT2D eigenvalue weighted by Crippen LogP contribution is -2.49. The third kappa shape index (κ3) is 3.26. The first kappa shape index (κ1) is 18.2. The van der Waals surface area contributed by atoms with Crippen molar-refractivity contribution in [3.05, 3.63) is 41.9 Å². The standard InChI is InChI=1S/C20H24N6O2/c1-4-28-20(27)25-9-7-24(8-10-25)18-16-12-23-26(19(16)22-13-21-18)17-6-5-14(2)11-15(17)3/h5-6,11-13H,4,7-10H2,1-3H3. The monoisotopic (exact) mass is 380 g/mol. The van der Waals surface area contributed by atoms with Crippen LogP contribution in [0.15, 0.2) is 30.7 Å². The van der Waals surface area contributed by atoms with Gasteiger partial charge in [0.15, 0.2) is 5.65 Å². The zero-order valence-electron chi connectivity index (χ0n) is 16.4. The molecule has 3 aromatic rings. The number of aryl methyl sites for hydroxylation is 2. The molecule has 1 fully saturated rings. The minimum atomic E-state index is -0.252. The van der Waals surface area contributed by atoms with Gasteiger partial charge in [0.05, 0.1) is 23.9 Å². The van der Waals surface area contributed by atoms with Gasteiger partial charge in [0.2, 0.25) is 0 Å². The first-order valence-electron chi connectivity index (χ1n) is 9.51. The van der Waals surface area contributed by atoms with Crippen molar-refractivity contribution in [2.75, 3.05) is 37.7 Å². The van der Waals surface area contributed by atoms with Crippen molar-refractivity contribution in [2.24, 2.45) is 0 Å². The Morgan fingerprint density at radius 3 is 2.64 bits per heavy atom. The van der Waals surface area contributed by atoms with E-state index in [4.69, 9.17) is 4.74 Å². The molecular formula is C20H24N6O2. The van der Waals surface area contributed by atoms with Crippen LogP contribution in [0.3, 0.4) is 0 Å². The second-order valence-corrected chi connectivity index (χ2v) is 6.95. The van der Waals surface area contributed by atoms with E-state index in [-0.39, 0.29) is 6.09 Å². The van der Waals surface area contributed by atoms with E-state index in [2.05, 4.69) is 52.0 Å². The van der Waals surface area contributed by atoms with Gasteiger partial charge >= 0.3 is 6.09 Å². The minimum Gasteiger partial charge on any atom is -0.450 e. The average Bonchev–Trinajstić information content (AvgIpc) is 3.12. The second kappa shape index (κ2) is 7.46. The number of hydrogen-bond donors (Lipinski definition) is 0. The summed E-state index contributed by atoms with van der Waals surface area (Å²) >= 11 is 0. The Kier molecular flexibility index (Phi) is 4.85. The second-order valence-electron chi connectivity index (χ2n) is 6.95. The highest BCUT2D eigenvalue weighted by Crippen LogP contribution is 2.26. The van der Waals surface area contributed by atoms with Crippen LogP contribution < -0.4 is 4.90 Å². The van der Waals surface area contributed by atoms with E-state index in [1.807, 2.05) is 17.8 Å². The molecule has 1 amide bonds. The molecule has 146 valence electrons. The lowest BCUT2D eigenvalue weighted by molar-refractivity contribution is 0.105. The van der Waals surface area contributed by atoms with Crippen LogP contribution in [0.4, 0.5) is 10.6 Å². The Bertz CT molecular complexity index is 1010. The van der Waals surface area contributed by atoms with Crippen molar-refractivity contribution in [3.63, 3.8) is 0 Å². The van der Waals surface area contributed by atoms with Crippen LogP contribution in [-0.2, 0) is 4.74 Å². The van der Waals surface area contributed by atoms with Crippen LogP contribution in [0.25, 0.3) is 16.7 Å². The zero-order chi connectivity index (χ0) is 19.7. The summed E-state index contributed by atoms with van der Waals surface area (Å²) in [4.78, 5) is 24.8. The minimum absolute atomic E-state index is 0.252. The highest BCUT2D eigenvalue weighted by Gasteiger charge is 2.24. The lowest BCUT2D eigenvalue weighted by Gasteiger charge is -2.34. The average molecular weight is 380 g/mol. The molecule has 0 aliphatic carbocycles. The van der Waals surface area contributed by atoms with E-state index in [0.29, 0.717) is 32.8 Å². The maximum Gasteiger partial charge on any atom is 0.409 e. The van der Waals surface area contributed by atoms with E-state index in [1.165, 1.54) is 5.56 Å². The fourth-order valence-electron chi connectivity index (χ4n) is 3.62. The molecule has 4 rings (SSSR count). The summed E-state index contributed by atoms with van der Waals surface area (Å²) < 4.78 is 6.96. The number of nitrogens with zero attached hydrogens (tertiary/aromatic N) is 6. The molecule has 0 bridgehead atoms. The largest absolute Gasteiger partial charge is 0.450 e. The number of amides is 1. The zero-order valence-corrected chi connectivity index (χ0v) is 16.4. The number of carbonyl (C=O) groups is 1. The van der Waals surface area contributed by atoms with Gasteiger partial charge in [-0.05, 0) is 32.4 Å². The normalized spacial score (nSPS) is 14.5. The van der Waals surface area contributed by atoms with Crippen LogP contribution in [0.1, 0.15) is 18.1 Å². The van der Waals surface area contributed by atoms with Crippen molar-refractivity contribution in [3.8, 4) is 5.69 Å². The lowest BCUT2D eigenvalue weighted by atomic mass is 10.1. The molecule has 0 atom stereocenters. The molecule has 0 unspecified atom stereocenters. The van der Waals surface area contributed by atoms with E-state index < -0.39 is 0 Å². The molecule has 0 N–H and O–H groups in total. The van der Waals surface area contributed by atoms with Gasteiger partial charge in [-0.1, -0.05) is 17.7 Å². The van der Waals surface area contributed by atoms with Crippen LogP contribution in [-0.4, -0.2) is 63.5 Å². The first-order chi connectivity index (χ1) is 13.6. The van der Waals surface area contributed by atoms with Gasteiger partial charge in [0.1, 0.15) is 12.1 Å². The van der Waals surface area contributed by atoms with Crippen LogP contribution in [0.5, 0.6) is 0 Å². The van der Waals surface area contributed by atoms with Crippen molar-refractivity contribution in [1.29, 1.82) is 0 Å². The topological polar surface area (TPSA) is 76.4 Å². The van der Waals surface area contributed by atoms with Gasteiger partial charge in [-0.15, -0.1) is 0 Å². The highest BCUT2D eigenvalue weighted by atomic mass is 16.6. The molecule has 8 nitrogen and oxygen atoms in total. The summed E-state index contributed by atoms with van der Waals surface area (Å²) in [5.41, 5.74) is 4.16. The van der Waals surface area contributed by atoms with Crippen LogP contribution in [0.2, 0.25) is 0 Å². The number of fused-ring (bicyclic) bond motifs is 1. The summed E-state index contributed by atoms with van der Waals surface area (Å²) in [6.45, 7) is 8.97. The number of anilines is 1. The smallest absolute Gasteiger partial charge is 0.409 e. The fourth-order valence-corrected chi connectivity index (χ4v) is 3.62. The van der Waals surface area contributed by atoms with Crippen molar-refractivity contribution >= 4 is 22.9 Å². The third-order valence-corrected chi connectivity index (χ3v) is 5.03. The number of ether oxygens (including phenoxy) is 1. The predicted molar refractivity (Wildman–Crippen MR) is 107 cm³/mol. The summed E-state index contributed by atoms with van der Waals surface area (Å²) in [5, 5.41) is 5.49. The molecule has 1 aromatic carbocycles. The molecule has 2 aromatic heterocycles. The van der Waals surface area contributed by atoms with Gasteiger partial charge in [-0.2, -0.15) is 5.10 Å². The number of benzene rings is 1. The molecule has 0 saturated carbocycles. The molecule has 1 aliphatic rings. The highest BCUT2D eigenvalue weighted by molar-refractivity contribution is 5.88. The van der Waals surface area contributed by atoms with Crippen molar-refractivity contribution < 1.29 is 9.53 Å². The number of aromatic nitrogens is 4. The molecule has 0 radical (unpaired) electrons. The van der Waals surface area contributed by atoms with Crippen LogP contribution >= 0.6 is 0 Å². The van der Waals surface area contributed by atoms with Gasteiger partial charge in [-0.3, -0.25) is 0 Å². The molecule has 3 heterocycles. The number of carbonyl (C=O) groups excluding carboxylic acids is 1. The number of hydrogen-bond acceptors (Lipinski definition) is 6. The third-order valence-electron chi connectivity index (χ3n) is 5.03. The molecule has 1 saturated heterocycles. The van der Waals surface area contributed by atoms with Crippen molar-refractivity contribution in [2.45, 2.75) is 20.8 Å². The molecule has 0 spiro atoms. The van der Waals surface area contributed by atoms with Crippen LogP contribution in [0, 0.1) is 13.8 Å². The summed E-state index contributed by atoms with van der Waals surface area (Å²) in [6.07, 6.45) is 3.15. The number of rotatable bonds is 3. The Balaban J connectivity index is 1.62.